The highest BCUT2D eigenvalue weighted by molar-refractivity contribution is 5.43. The van der Waals surface area contributed by atoms with Gasteiger partial charge in [-0.15, -0.1) is 0 Å². The first kappa shape index (κ1) is 8.01. The number of hydrogen-bond acceptors (Lipinski definition) is 2. The summed E-state index contributed by atoms with van der Waals surface area (Å²) >= 11 is 0. The van der Waals surface area contributed by atoms with Crippen LogP contribution in [0.4, 0.5) is 0 Å². The van der Waals surface area contributed by atoms with Crippen LogP contribution < -0.4 is 5.73 Å². The third kappa shape index (κ3) is 2.20. The number of hydrogen-bond donors (Lipinski definition) is 1. The number of nitrogens with zero attached hydrogens (tertiary/aromatic N) is 2. The zero-order valence-corrected chi connectivity index (χ0v) is 6.70. The van der Waals surface area contributed by atoms with Crippen molar-refractivity contribution < 1.29 is 0 Å². The van der Waals surface area contributed by atoms with Gasteiger partial charge >= 0.3 is 0 Å². The van der Waals surface area contributed by atoms with Crippen LogP contribution in [-0.2, 0) is 7.05 Å². The highest BCUT2D eigenvalue weighted by Gasteiger charge is 1.89. The fraction of sp³-hybridized carbons (Fsp3) is 0.375. The Morgan fingerprint density at radius 3 is 3.09 bits per heavy atom. The average Bonchev–Trinajstić information content (AvgIpc) is 2.37. The first-order valence-electron chi connectivity index (χ1n) is 3.69. The highest BCUT2D eigenvalue weighted by Crippen LogP contribution is 1.99. The second-order valence-corrected chi connectivity index (χ2v) is 2.36. The van der Waals surface area contributed by atoms with Crippen molar-refractivity contribution in [2.24, 2.45) is 12.8 Å². The monoisotopic (exact) mass is 151 g/mol. The smallest absolute Gasteiger partial charge is 0.0603 e. The quantitative estimate of drug-likeness (QED) is 0.693. The molecule has 1 rings (SSSR count). The molecule has 0 atom stereocenters. The van der Waals surface area contributed by atoms with Gasteiger partial charge in [0.05, 0.1) is 5.69 Å². The van der Waals surface area contributed by atoms with Crippen LogP contribution in [0.25, 0.3) is 6.08 Å². The molecule has 0 aromatic carbocycles. The molecule has 0 bridgehead atoms. The van der Waals surface area contributed by atoms with Crippen molar-refractivity contribution in [2.45, 2.75) is 6.42 Å². The molecule has 0 saturated heterocycles. The van der Waals surface area contributed by atoms with Crippen molar-refractivity contribution in [3.8, 4) is 0 Å². The summed E-state index contributed by atoms with van der Waals surface area (Å²) in [5.74, 6) is 0. The predicted molar refractivity (Wildman–Crippen MR) is 45.9 cm³/mol. The first-order valence-corrected chi connectivity index (χ1v) is 3.69. The summed E-state index contributed by atoms with van der Waals surface area (Å²) in [4.78, 5) is 0. The second kappa shape index (κ2) is 3.93. The number of aryl methyl sites for hydroxylation is 1. The zero-order chi connectivity index (χ0) is 8.10. The number of aromatic nitrogens is 2. The van der Waals surface area contributed by atoms with Gasteiger partial charge < -0.3 is 5.73 Å². The van der Waals surface area contributed by atoms with Crippen molar-refractivity contribution in [1.29, 1.82) is 0 Å². The number of nitrogens with two attached hydrogens (primary N) is 1. The summed E-state index contributed by atoms with van der Waals surface area (Å²) < 4.78 is 1.83. The molecule has 3 nitrogen and oxygen atoms in total. The van der Waals surface area contributed by atoms with Crippen LogP contribution in [0, 0.1) is 0 Å². The maximum absolute atomic E-state index is 5.33. The molecule has 1 aromatic heterocycles. The molecule has 1 aromatic rings. The SMILES string of the molecule is Cn1nccc1/C=C/CCN. The van der Waals surface area contributed by atoms with E-state index in [0.717, 1.165) is 12.1 Å². The largest absolute Gasteiger partial charge is 0.330 e. The van der Waals surface area contributed by atoms with Gasteiger partial charge in [0.1, 0.15) is 0 Å². The molecule has 0 saturated carbocycles. The van der Waals surface area contributed by atoms with E-state index in [1.807, 2.05) is 23.9 Å². The van der Waals surface area contributed by atoms with E-state index in [-0.39, 0.29) is 0 Å². The van der Waals surface area contributed by atoms with E-state index in [1.165, 1.54) is 0 Å². The minimum atomic E-state index is 0.703. The van der Waals surface area contributed by atoms with Gasteiger partial charge in [0, 0.05) is 13.2 Å². The Labute approximate surface area is 66.5 Å². The molecular formula is C8H13N3. The molecule has 2 N–H and O–H groups in total. The Bertz CT molecular complexity index is 237. The molecule has 0 fully saturated rings. The van der Waals surface area contributed by atoms with Crippen LogP contribution in [0.2, 0.25) is 0 Å². The molecule has 0 amide bonds. The second-order valence-electron chi connectivity index (χ2n) is 2.36. The minimum Gasteiger partial charge on any atom is -0.330 e. The summed E-state index contributed by atoms with van der Waals surface area (Å²) in [6.45, 7) is 0.703. The van der Waals surface area contributed by atoms with E-state index in [0.29, 0.717) is 6.54 Å². The highest BCUT2D eigenvalue weighted by atomic mass is 15.2. The first-order chi connectivity index (χ1) is 5.34. The van der Waals surface area contributed by atoms with Crippen LogP contribution in [-0.4, -0.2) is 16.3 Å². The van der Waals surface area contributed by atoms with E-state index in [2.05, 4.69) is 11.2 Å². The van der Waals surface area contributed by atoms with Gasteiger partial charge in [-0.1, -0.05) is 6.08 Å². The van der Waals surface area contributed by atoms with E-state index < -0.39 is 0 Å². The van der Waals surface area contributed by atoms with E-state index >= 15 is 0 Å². The van der Waals surface area contributed by atoms with Gasteiger partial charge in [0.15, 0.2) is 0 Å². The zero-order valence-electron chi connectivity index (χ0n) is 6.70. The lowest BCUT2D eigenvalue weighted by Crippen LogP contribution is -1.96. The summed E-state index contributed by atoms with van der Waals surface area (Å²) in [5, 5.41) is 4.03. The average molecular weight is 151 g/mol. The van der Waals surface area contributed by atoms with Gasteiger partial charge in [0.2, 0.25) is 0 Å². The van der Waals surface area contributed by atoms with Gasteiger partial charge in [-0.25, -0.2) is 0 Å². The Balaban J connectivity index is 2.56. The van der Waals surface area contributed by atoms with Crippen molar-refractivity contribution in [2.75, 3.05) is 6.54 Å². The standard InChI is InChI=1S/C8H13N3/c1-11-8(5-7-10-11)4-2-3-6-9/h2,4-5,7H,3,6,9H2,1H3/b4-2+. The molecule has 0 aliphatic rings. The van der Waals surface area contributed by atoms with Crippen LogP contribution in [0.5, 0.6) is 0 Å². The molecule has 0 aliphatic heterocycles. The third-order valence-electron chi connectivity index (χ3n) is 1.48. The molecule has 60 valence electrons. The van der Waals surface area contributed by atoms with Gasteiger partial charge in [0.25, 0.3) is 0 Å². The molecule has 0 radical (unpaired) electrons. The van der Waals surface area contributed by atoms with Crippen LogP contribution in [0.1, 0.15) is 12.1 Å². The van der Waals surface area contributed by atoms with Crippen molar-refractivity contribution in [3.05, 3.63) is 24.0 Å². The normalized spacial score (nSPS) is 11.1. The van der Waals surface area contributed by atoms with Crippen molar-refractivity contribution in [1.82, 2.24) is 9.78 Å². The Morgan fingerprint density at radius 2 is 2.55 bits per heavy atom. The Hall–Kier alpha value is -1.09. The maximum Gasteiger partial charge on any atom is 0.0603 e. The van der Waals surface area contributed by atoms with Crippen LogP contribution in [0.15, 0.2) is 18.3 Å². The molecule has 1 heterocycles. The number of rotatable bonds is 3. The van der Waals surface area contributed by atoms with Gasteiger partial charge in [-0.3, -0.25) is 4.68 Å². The Morgan fingerprint density at radius 1 is 1.73 bits per heavy atom. The molecular weight excluding hydrogens is 138 g/mol. The van der Waals surface area contributed by atoms with E-state index in [1.54, 1.807) is 6.20 Å². The fourth-order valence-corrected chi connectivity index (χ4v) is 0.848. The fourth-order valence-electron chi connectivity index (χ4n) is 0.848. The summed E-state index contributed by atoms with van der Waals surface area (Å²) in [5.41, 5.74) is 6.44. The molecule has 0 aliphatic carbocycles. The third-order valence-corrected chi connectivity index (χ3v) is 1.48. The van der Waals surface area contributed by atoms with Crippen LogP contribution >= 0.6 is 0 Å². The molecule has 0 unspecified atom stereocenters. The molecule has 3 heteroatoms. The topological polar surface area (TPSA) is 43.8 Å². The van der Waals surface area contributed by atoms with E-state index in [9.17, 15) is 0 Å². The maximum atomic E-state index is 5.33. The molecule has 11 heavy (non-hydrogen) atoms. The summed E-state index contributed by atoms with van der Waals surface area (Å²) in [6.07, 6.45) is 6.78. The van der Waals surface area contributed by atoms with Crippen molar-refractivity contribution in [3.63, 3.8) is 0 Å². The minimum absolute atomic E-state index is 0.703. The van der Waals surface area contributed by atoms with Crippen LogP contribution in [0.3, 0.4) is 0 Å². The van der Waals surface area contributed by atoms with Crippen molar-refractivity contribution >= 4 is 6.08 Å². The lowest BCUT2D eigenvalue weighted by molar-refractivity contribution is 0.759. The Kier molecular flexibility index (Phi) is 2.86. The predicted octanol–water partition coefficient (Wildman–Crippen LogP) is 0.782. The van der Waals surface area contributed by atoms with E-state index in [4.69, 9.17) is 5.73 Å². The lowest BCUT2D eigenvalue weighted by atomic mass is 10.3. The van der Waals surface area contributed by atoms with Gasteiger partial charge in [-0.05, 0) is 25.1 Å². The summed E-state index contributed by atoms with van der Waals surface area (Å²) in [7, 11) is 1.92. The summed E-state index contributed by atoms with van der Waals surface area (Å²) in [6, 6.07) is 1.97. The lowest BCUT2D eigenvalue weighted by Gasteiger charge is -1.92. The van der Waals surface area contributed by atoms with Gasteiger partial charge in [-0.2, -0.15) is 5.10 Å². The molecule has 0 spiro atoms.